The lowest BCUT2D eigenvalue weighted by atomic mass is 9.97. The molecule has 9 heteroatoms. The molecule has 0 aliphatic rings. The molecule has 4 aromatic rings. The number of hydrogen-bond acceptors (Lipinski definition) is 6. The van der Waals surface area contributed by atoms with Crippen molar-refractivity contribution >= 4 is 34.7 Å². The maximum atomic E-state index is 15.1. The molecule has 1 heterocycles. The van der Waals surface area contributed by atoms with Gasteiger partial charge in [-0.3, -0.25) is 4.79 Å². The summed E-state index contributed by atoms with van der Waals surface area (Å²) in [6.07, 6.45) is -2.13. The van der Waals surface area contributed by atoms with E-state index in [1.54, 1.807) is 76.2 Å². The van der Waals surface area contributed by atoms with Crippen LogP contribution in [0.25, 0.3) is 22.2 Å². The number of carbonyl (C=O) groups excluding carboxylic acids is 3. The second-order valence-electron chi connectivity index (χ2n) is 9.68. The number of halogens is 1. The van der Waals surface area contributed by atoms with Gasteiger partial charge in [-0.25, -0.2) is 19.0 Å². The highest BCUT2D eigenvalue weighted by atomic mass is 19.1. The highest BCUT2D eigenvalue weighted by Crippen LogP contribution is 2.33. The molecule has 0 N–H and O–H groups in total. The molecular formula is C30H28FN3O5. The van der Waals surface area contributed by atoms with Crippen LogP contribution < -0.4 is 5.01 Å². The Morgan fingerprint density at radius 2 is 1.46 bits per heavy atom. The van der Waals surface area contributed by atoms with Crippen LogP contribution in [0.3, 0.4) is 0 Å². The first-order valence-corrected chi connectivity index (χ1v) is 12.2. The van der Waals surface area contributed by atoms with E-state index in [-0.39, 0.29) is 22.2 Å². The molecule has 0 bridgehead atoms. The van der Waals surface area contributed by atoms with Gasteiger partial charge in [-0.05, 0) is 51.5 Å². The van der Waals surface area contributed by atoms with Crippen LogP contribution in [0.1, 0.15) is 36.7 Å². The highest BCUT2D eigenvalue weighted by Gasteiger charge is 2.39. The molecule has 0 saturated carbocycles. The molecule has 3 aromatic carbocycles. The van der Waals surface area contributed by atoms with Crippen LogP contribution in [0.2, 0.25) is 0 Å². The number of hydrogen-bond donors (Lipinski definition) is 0. The van der Waals surface area contributed by atoms with Gasteiger partial charge in [-0.2, -0.15) is 5.01 Å². The second kappa shape index (κ2) is 10.9. The molecular weight excluding hydrogens is 501 g/mol. The quantitative estimate of drug-likeness (QED) is 0.268. The second-order valence-corrected chi connectivity index (χ2v) is 9.68. The Balaban J connectivity index is 2.02. The van der Waals surface area contributed by atoms with Crippen LogP contribution in [0.5, 0.6) is 0 Å². The minimum atomic E-state index is -1.12. The van der Waals surface area contributed by atoms with E-state index in [0.717, 1.165) is 12.1 Å². The molecule has 0 unspecified atom stereocenters. The molecule has 200 valence electrons. The number of imide groups is 1. The van der Waals surface area contributed by atoms with E-state index in [9.17, 15) is 14.4 Å². The maximum Gasteiger partial charge on any atom is 0.437 e. The molecule has 4 rings (SSSR count). The Morgan fingerprint density at radius 3 is 2.05 bits per heavy atom. The van der Waals surface area contributed by atoms with Gasteiger partial charge in [-0.15, -0.1) is 5.01 Å². The van der Waals surface area contributed by atoms with Gasteiger partial charge in [-0.1, -0.05) is 60.7 Å². The van der Waals surface area contributed by atoms with Crippen LogP contribution in [-0.4, -0.2) is 40.8 Å². The van der Waals surface area contributed by atoms with Gasteiger partial charge in [0.25, 0.3) is 5.91 Å². The maximum absolute atomic E-state index is 15.1. The van der Waals surface area contributed by atoms with Crippen LogP contribution >= 0.6 is 0 Å². The highest BCUT2D eigenvalue weighted by molar-refractivity contribution is 6.15. The minimum Gasteiger partial charge on any atom is -0.451 e. The van der Waals surface area contributed by atoms with Gasteiger partial charge in [0.2, 0.25) is 0 Å². The van der Waals surface area contributed by atoms with Gasteiger partial charge in [0, 0.05) is 10.9 Å². The fourth-order valence-electron chi connectivity index (χ4n) is 4.12. The summed E-state index contributed by atoms with van der Waals surface area (Å²) < 4.78 is 25.6. The van der Waals surface area contributed by atoms with Crippen molar-refractivity contribution in [1.82, 2.24) is 9.99 Å². The van der Waals surface area contributed by atoms with E-state index in [2.05, 4.69) is 4.98 Å². The lowest BCUT2D eigenvalue weighted by molar-refractivity contribution is 0.0214. The molecule has 0 fully saturated rings. The summed E-state index contributed by atoms with van der Waals surface area (Å²) in [6.45, 7) is 6.56. The minimum absolute atomic E-state index is 0.0194. The number of pyridine rings is 1. The first kappa shape index (κ1) is 27.3. The average molecular weight is 530 g/mol. The normalized spacial score (nSPS) is 11.1. The Hall–Kier alpha value is -4.79. The van der Waals surface area contributed by atoms with Crippen LogP contribution in [0, 0.1) is 12.7 Å². The van der Waals surface area contributed by atoms with E-state index in [4.69, 9.17) is 9.47 Å². The summed E-state index contributed by atoms with van der Waals surface area (Å²) in [5, 5.41) is 1.54. The first-order chi connectivity index (χ1) is 18.5. The predicted molar refractivity (Wildman–Crippen MR) is 146 cm³/mol. The van der Waals surface area contributed by atoms with Crippen molar-refractivity contribution in [1.29, 1.82) is 0 Å². The molecule has 0 radical (unpaired) electrons. The summed E-state index contributed by atoms with van der Waals surface area (Å²) >= 11 is 0. The number of ether oxygens (including phenoxy) is 2. The summed E-state index contributed by atoms with van der Waals surface area (Å²) in [7, 11) is 1.13. The van der Waals surface area contributed by atoms with E-state index < -0.39 is 29.5 Å². The number of aromatic nitrogens is 1. The van der Waals surface area contributed by atoms with Gasteiger partial charge in [0.1, 0.15) is 16.9 Å². The van der Waals surface area contributed by atoms with Crippen LogP contribution in [0.15, 0.2) is 78.9 Å². The number of hydrazine groups is 1. The van der Waals surface area contributed by atoms with Crippen LogP contribution in [-0.2, 0) is 9.47 Å². The van der Waals surface area contributed by atoms with Crippen molar-refractivity contribution in [2.45, 2.75) is 33.3 Å². The van der Waals surface area contributed by atoms with Crippen molar-refractivity contribution in [2.75, 3.05) is 12.1 Å². The van der Waals surface area contributed by atoms with Gasteiger partial charge in [0.05, 0.1) is 24.1 Å². The van der Waals surface area contributed by atoms with Gasteiger partial charge in [0.15, 0.2) is 0 Å². The van der Waals surface area contributed by atoms with E-state index in [0.29, 0.717) is 21.8 Å². The molecule has 0 aliphatic carbocycles. The zero-order valence-corrected chi connectivity index (χ0v) is 22.3. The Labute approximate surface area is 225 Å². The van der Waals surface area contributed by atoms with Crippen LogP contribution in [0.4, 0.5) is 19.7 Å². The SMILES string of the molecule is COC(=O)N(c1ccccc1)N(C(=O)OC(C)(C)C)C(=O)c1c(C)c(-c2ccccc2)nc2c(F)cccc12. The molecule has 0 saturated heterocycles. The van der Waals surface area contributed by atoms with Gasteiger partial charge < -0.3 is 9.47 Å². The zero-order chi connectivity index (χ0) is 28.3. The number of para-hydroxylation sites is 2. The lowest BCUT2D eigenvalue weighted by Gasteiger charge is -2.33. The van der Waals surface area contributed by atoms with Crippen molar-refractivity contribution in [3.8, 4) is 11.3 Å². The fourth-order valence-corrected chi connectivity index (χ4v) is 4.12. The van der Waals surface area contributed by atoms with Crippen molar-refractivity contribution < 1.29 is 28.2 Å². The predicted octanol–water partition coefficient (Wildman–Crippen LogP) is 6.91. The number of anilines is 1. The first-order valence-electron chi connectivity index (χ1n) is 12.2. The fraction of sp³-hybridized carbons (Fsp3) is 0.200. The molecule has 0 aliphatic heterocycles. The molecule has 8 nitrogen and oxygen atoms in total. The summed E-state index contributed by atoms with van der Waals surface area (Å²) in [5.74, 6) is -1.57. The third-order valence-electron chi connectivity index (χ3n) is 5.78. The Kier molecular flexibility index (Phi) is 7.62. The molecule has 0 atom stereocenters. The third-order valence-corrected chi connectivity index (χ3v) is 5.78. The van der Waals surface area contributed by atoms with Crippen molar-refractivity contribution in [2.24, 2.45) is 0 Å². The zero-order valence-electron chi connectivity index (χ0n) is 22.3. The smallest absolute Gasteiger partial charge is 0.437 e. The topological polar surface area (TPSA) is 89.0 Å². The average Bonchev–Trinajstić information content (AvgIpc) is 2.90. The molecule has 0 spiro atoms. The van der Waals surface area contributed by atoms with E-state index in [1.807, 2.05) is 6.07 Å². The summed E-state index contributed by atoms with van der Waals surface area (Å²) in [6, 6.07) is 21.3. The van der Waals surface area contributed by atoms with Gasteiger partial charge >= 0.3 is 12.2 Å². The standard InChI is InChI=1S/C30H28FN3O5/c1-19-24(22-17-12-18-23(31)26(22)32-25(19)20-13-8-6-9-14-20)27(35)34(29(37)39-30(2,3)4)33(28(36)38-5)21-15-10-7-11-16-21/h6-18H,1-5H3. The largest absolute Gasteiger partial charge is 0.451 e. The number of rotatable bonds is 3. The number of fused-ring (bicyclic) bond motifs is 1. The monoisotopic (exact) mass is 529 g/mol. The van der Waals surface area contributed by atoms with Crippen molar-refractivity contribution in [3.63, 3.8) is 0 Å². The number of nitrogens with zero attached hydrogens (tertiary/aromatic N) is 3. The van der Waals surface area contributed by atoms with E-state index in [1.165, 1.54) is 24.3 Å². The Morgan fingerprint density at radius 1 is 0.846 bits per heavy atom. The molecule has 1 aromatic heterocycles. The number of benzene rings is 3. The third kappa shape index (κ3) is 5.57. The Bertz CT molecular complexity index is 1540. The number of amides is 3. The molecule has 3 amide bonds. The number of carbonyl (C=O) groups is 3. The summed E-state index contributed by atoms with van der Waals surface area (Å²) in [5.41, 5.74) is 0.471. The number of methoxy groups -OCH3 is 1. The summed E-state index contributed by atoms with van der Waals surface area (Å²) in [4.78, 5) is 45.7. The van der Waals surface area contributed by atoms with Crippen molar-refractivity contribution in [3.05, 3.63) is 95.8 Å². The lowest BCUT2D eigenvalue weighted by Crippen LogP contribution is -2.54. The molecule has 39 heavy (non-hydrogen) atoms. The van der Waals surface area contributed by atoms with E-state index >= 15 is 4.39 Å².